The molecular weight excluding hydrogens is 891 g/mol. The van der Waals surface area contributed by atoms with Gasteiger partial charge in [0.05, 0.1) is 13.2 Å². The molecule has 0 aliphatic rings. The number of hydrogen-bond acceptors (Lipinski definition) is 4. The lowest BCUT2D eigenvalue weighted by molar-refractivity contribution is 0.316. The largest absolute Gasteiger partial charge is 0.391 e. The summed E-state index contributed by atoms with van der Waals surface area (Å²) < 4.78 is 294. The van der Waals surface area contributed by atoms with Crippen LogP contribution >= 0.6 is 0 Å². The van der Waals surface area contributed by atoms with Crippen LogP contribution in [0.2, 0.25) is 0 Å². The van der Waals surface area contributed by atoms with Crippen molar-refractivity contribution in [3.63, 3.8) is 0 Å². The first-order valence-electron chi connectivity index (χ1n) is 15.5. The first-order chi connectivity index (χ1) is 27.9. The highest BCUT2D eigenvalue weighted by atomic mass is 32.2. The minimum atomic E-state index is -7.22. The van der Waals surface area contributed by atoms with Crippen LogP contribution in [0.4, 0.5) is 87.8 Å². The van der Waals surface area contributed by atoms with Crippen molar-refractivity contribution >= 4 is 38.9 Å². The normalized spacial score (nSPS) is 11.4. The predicted molar refractivity (Wildman–Crippen MR) is 169 cm³/mol. The SMILES string of the molecule is CC(C[S+](CCO)CCO)=C(C#N)C#N.Fc1c(F)c(F)c([B-](c2c(F)c(F)c(F)c(F)c2F)(c2c(F)c(F)c(F)c(F)c2F)c2c(F)c(F)c(F)c(F)c2F)c(F)c1F. The molecule has 4 aromatic rings. The highest BCUT2D eigenvalue weighted by Crippen LogP contribution is 2.30. The second-order valence-electron chi connectivity index (χ2n) is 11.8. The van der Waals surface area contributed by atoms with Gasteiger partial charge in [0.15, 0.2) is 69.8 Å². The third kappa shape index (κ3) is 7.94. The Labute approximate surface area is 324 Å². The fourth-order valence-electron chi connectivity index (χ4n) is 5.97. The van der Waals surface area contributed by atoms with E-state index in [1.54, 1.807) is 6.92 Å². The number of aliphatic hydroxyl groups excluding tert-OH is 2. The zero-order valence-electron chi connectivity index (χ0n) is 28.9. The van der Waals surface area contributed by atoms with Gasteiger partial charge in [-0.05, 0) is 17.8 Å². The van der Waals surface area contributed by atoms with E-state index in [9.17, 15) is 52.7 Å². The lowest BCUT2D eigenvalue weighted by Gasteiger charge is -2.44. The van der Waals surface area contributed by atoms with E-state index in [4.69, 9.17) is 20.7 Å². The van der Waals surface area contributed by atoms with E-state index < -0.39 is 144 Å². The number of allylic oxidation sites excluding steroid dienone is 1. The van der Waals surface area contributed by atoms with Crippen molar-refractivity contribution in [3.8, 4) is 12.1 Å². The maximum Gasteiger partial charge on any atom is 0.200 e. The summed E-state index contributed by atoms with van der Waals surface area (Å²) in [4.78, 5) is 0. The van der Waals surface area contributed by atoms with Gasteiger partial charge in [0.1, 0.15) is 87.7 Å². The Bertz CT molecular complexity index is 2100. The molecule has 26 heteroatoms. The molecule has 0 aliphatic carbocycles. The van der Waals surface area contributed by atoms with Crippen molar-refractivity contribution in [3.05, 3.63) is 127 Å². The summed E-state index contributed by atoms with van der Waals surface area (Å²) in [5.41, 5.74) is -13.4. The quantitative estimate of drug-likeness (QED) is 0.0527. The van der Waals surface area contributed by atoms with Gasteiger partial charge in [0.2, 0.25) is 0 Å². The monoisotopic (exact) mass is 906 g/mol. The molecule has 4 nitrogen and oxygen atoms in total. The van der Waals surface area contributed by atoms with Crippen molar-refractivity contribution in [2.75, 3.05) is 30.5 Å². The highest BCUT2D eigenvalue weighted by molar-refractivity contribution is 7.97. The maximum absolute atomic E-state index is 15.4. The average molecular weight is 906 g/mol. The fourth-order valence-corrected chi connectivity index (χ4v) is 7.74. The Kier molecular flexibility index (Phi) is 15.4. The number of rotatable bonds is 10. The molecule has 0 unspecified atom stereocenters. The molecule has 322 valence electrons. The summed E-state index contributed by atoms with van der Waals surface area (Å²) >= 11 is 0. The van der Waals surface area contributed by atoms with Crippen LogP contribution in [0.3, 0.4) is 0 Å². The molecular formula is C34H15BF20N2O2S. The van der Waals surface area contributed by atoms with Crippen LogP contribution in [0, 0.1) is 139 Å². The molecule has 0 saturated carbocycles. The number of benzene rings is 4. The van der Waals surface area contributed by atoms with E-state index in [1.165, 1.54) is 0 Å². The summed E-state index contributed by atoms with van der Waals surface area (Å²) in [6.45, 7) is 1.90. The van der Waals surface area contributed by atoms with Crippen LogP contribution in [0.5, 0.6) is 0 Å². The maximum atomic E-state index is 15.4. The van der Waals surface area contributed by atoms with E-state index in [0.29, 0.717) is 17.3 Å². The van der Waals surface area contributed by atoms with Gasteiger partial charge in [-0.1, -0.05) is 0 Å². The summed E-state index contributed by atoms with van der Waals surface area (Å²) in [6, 6.07) is 3.68. The number of nitriles is 2. The number of aliphatic hydroxyl groups is 2. The molecule has 0 aromatic heterocycles. The topological polar surface area (TPSA) is 88.0 Å². The Morgan fingerprint density at radius 3 is 0.750 bits per heavy atom. The molecule has 2 N–H and O–H groups in total. The lowest BCUT2D eigenvalue weighted by atomic mass is 9.12. The molecule has 0 heterocycles. The van der Waals surface area contributed by atoms with Gasteiger partial charge in [-0.15, -0.1) is 21.9 Å². The third-order valence-electron chi connectivity index (χ3n) is 8.54. The van der Waals surface area contributed by atoms with Crippen LogP contribution < -0.4 is 21.9 Å². The standard InChI is InChI=1S/C24BF20.C10H15N2O2S/c26-5-1(6(27)14(35)21(42)13(5)34)25(2-7(28)15(36)22(43)16(37)8(2)29,3-9(30)17(38)23(44)18(39)10(3)31)4-11(32)19(40)24(45)20(41)12(4)33;1-9(10(6-11)7-12)8-15(4-2-13)5-3-14/h;13-14H,2-5,8H2,1H3/q-1;+1. The third-order valence-corrected chi connectivity index (χ3v) is 10.9. The van der Waals surface area contributed by atoms with Crippen LogP contribution in [0.25, 0.3) is 0 Å². The molecule has 0 aliphatic heterocycles. The van der Waals surface area contributed by atoms with E-state index in [-0.39, 0.29) is 29.7 Å². The Balaban J connectivity index is 0.000000544. The summed E-state index contributed by atoms with van der Waals surface area (Å²) in [7, 11) is -0.138. The zero-order chi connectivity index (χ0) is 46.0. The molecule has 0 fully saturated rings. The predicted octanol–water partition coefficient (Wildman–Crippen LogP) is 5.80. The second kappa shape index (κ2) is 18.8. The molecule has 0 radical (unpaired) electrons. The second-order valence-corrected chi connectivity index (χ2v) is 14.1. The van der Waals surface area contributed by atoms with Crippen LogP contribution in [-0.2, 0) is 10.9 Å². The van der Waals surface area contributed by atoms with E-state index in [1.807, 2.05) is 12.1 Å². The molecule has 4 rings (SSSR count). The van der Waals surface area contributed by atoms with Crippen molar-refractivity contribution in [2.45, 2.75) is 6.92 Å². The molecule has 0 saturated heterocycles. The smallest absolute Gasteiger partial charge is 0.200 e. The first-order valence-corrected chi connectivity index (χ1v) is 17.2. The van der Waals surface area contributed by atoms with Crippen molar-refractivity contribution < 1.29 is 98.0 Å². The zero-order valence-corrected chi connectivity index (χ0v) is 29.7. The number of halogens is 20. The van der Waals surface area contributed by atoms with E-state index in [0.717, 1.165) is 5.57 Å². The summed E-state index contributed by atoms with van der Waals surface area (Å²) in [6.07, 6.45) is -7.22. The highest BCUT2D eigenvalue weighted by Gasteiger charge is 2.52. The Morgan fingerprint density at radius 2 is 0.583 bits per heavy atom. The first kappa shape index (κ1) is 48.9. The van der Waals surface area contributed by atoms with Gasteiger partial charge >= 0.3 is 0 Å². The van der Waals surface area contributed by atoms with Crippen LogP contribution in [-0.4, -0.2) is 46.8 Å². The van der Waals surface area contributed by atoms with Crippen molar-refractivity contribution in [2.24, 2.45) is 0 Å². The molecule has 60 heavy (non-hydrogen) atoms. The molecule has 0 atom stereocenters. The van der Waals surface area contributed by atoms with Crippen molar-refractivity contribution in [1.29, 1.82) is 10.5 Å². The number of nitrogens with zero attached hydrogens (tertiary/aromatic N) is 2. The van der Waals surface area contributed by atoms with Crippen LogP contribution in [0.1, 0.15) is 6.92 Å². The van der Waals surface area contributed by atoms with Gasteiger partial charge in [-0.25, -0.2) is 87.8 Å². The van der Waals surface area contributed by atoms with E-state index >= 15 is 35.1 Å². The van der Waals surface area contributed by atoms with Gasteiger partial charge in [-0.2, -0.15) is 10.5 Å². The molecule has 0 bridgehead atoms. The molecule has 4 aromatic carbocycles. The molecule has 0 amide bonds. The van der Waals surface area contributed by atoms with Gasteiger partial charge in [0.25, 0.3) is 0 Å². The van der Waals surface area contributed by atoms with Crippen LogP contribution in [0.15, 0.2) is 11.1 Å². The summed E-state index contributed by atoms with van der Waals surface area (Å²) in [5, 5.41) is 34.9. The van der Waals surface area contributed by atoms with E-state index in [2.05, 4.69) is 0 Å². The summed E-state index contributed by atoms with van der Waals surface area (Å²) in [5.74, 6) is -69.6. The fraction of sp³-hybridized carbons (Fsp3) is 0.176. The average Bonchev–Trinajstić information content (AvgIpc) is 3.21. The Morgan fingerprint density at radius 1 is 0.400 bits per heavy atom. The molecule has 0 spiro atoms. The van der Waals surface area contributed by atoms with Crippen molar-refractivity contribution in [1.82, 2.24) is 0 Å². The number of hydrogen-bond donors (Lipinski definition) is 2. The minimum absolute atomic E-state index is 0.0742. The Hall–Kier alpha value is -5.47. The minimum Gasteiger partial charge on any atom is -0.391 e. The van der Waals surface area contributed by atoms with Gasteiger partial charge in [0, 0.05) is 5.57 Å². The van der Waals surface area contributed by atoms with Gasteiger partial charge in [-0.3, -0.25) is 0 Å². The van der Waals surface area contributed by atoms with Gasteiger partial charge < -0.3 is 10.2 Å². The lowest BCUT2D eigenvalue weighted by Crippen LogP contribution is -2.81.